The van der Waals surface area contributed by atoms with Crippen molar-refractivity contribution in [2.75, 3.05) is 31.8 Å². The summed E-state index contributed by atoms with van der Waals surface area (Å²) in [6.07, 6.45) is 0.841. The molecule has 0 spiro atoms. The van der Waals surface area contributed by atoms with Crippen LogP contribution in [0.2, 0.25) is 0 Å². The first-order valence-corrected chi connectivity index (χ1v) is 6.62. The Morgan fingerprint density at radius 3 is 3.06 bits per heavy atom. The Kier molecular flexibility index (Phi) is 6.25. The largest absolute Gasteiger partial charge is 0.383 e. The Morgan fingerprint density at radius 1 is 1.56 bits per heavy atom. The van der Waals surface area contributed by atoms with Crippen LogP contribution < -0.4 is 10.6 Å². The predicted molar refractivity (Wildman–Crippen MR) is 66.9 cm³/mol. The van der Waals surface area contributed by atoms with Crippen LogP contribution in [0.3, 0.4) is 0 Å². The van der Waals surface area contributed by atoms with Crippen molar-refractivity contribution in [2.24, 2.45) is 4.99 Å². The minimum atomic E-state index is -0.125. The summed E-state index contributed by atoms with van der Waals surface area (Å²) in [7, 11) is 1.63. The van der Waals surface area contributed by atoms with Gasteiger partial charge in [-0.2, -0.15) is 11.8 Å². The van der Waals surface area contributed by atoms with E-state index in [0.717, 1.165) is 17.9 Å². The van der Waals surface area contributed by atoms with E-state index in [4.69, 9.17) is 4.74 Å². The third-order valence-electron chi connectivity index (χ3n) is 2.19. The number of amides is 1. The standard InChI is InChI=1S/C10H19N3O2S/c1-3-16-7-4-8-9(14)13-10(12-8)11-5-6-15-2/h8H,3-7H2,1-2H3,(H2,11,12,13,14). The van der Waals surface area contributed by atoms with E-state index in [1.165, 1.54) is 0 Å². The molecule has 1 amide bonds. The first kappa shape index (κ1) is 13.3. The fraction of sp³-hybridized carbons (Fsp3) is 0.800. The minimum absolute atomic E-state index is 0.0212. The number of guanidine groups is 1. The second kappa shape index (κ2) is 7.51. The molecule has 1 atom stereocenters. The number of carbonyl (C=O) groups excluding carboxylic acids is 1. The summed E-state index contributed by atoms with van der Waals surface area (Å²) in [6.45, 7) is 3.25. The van der Waals surface area contributed by atoms with Crippen LogP contribution >= 0.6 is 11.8 Å². The van der Waals surface area contributed by atoms with Gasteiger partial charge in [0, 0.05) is 7.11 Å². The molecule has 5 nitrogen and oxygen atoms in total. The SMILES string of the molecule is CCSCCC1NC(=NCCOC)NC1=O. The summed E-state index contributed by atoms with van der Waals surface area (Å²) >= 11 is 1.84. The number of nitrogens with zero attached hydrogens (tertiary/aromatic N) is 1. The van der Waals surface area contributed by atoms with Crippen LogP contribution in [0, 0.1) is 0 Å². The lowest BCUT2D eigenvalue weighted by atomic mass is 10.2. The quantitative estimate of drug-likeness (QED) is 0.630. The molecule has 1 aliphatic heterocycles. The average Bonchev–Trinajstić information content (AvgIpc) is 2.61. The third kappa shape index (κ3) is 4.40. The van der Waals surface area contributed by atoms with E-state index in [1.54, 1.807) is 7.11 Å². The second-order valence-corrected chi connectivity index (χ2v) is 4.79. The fourth-order valence-corrected chi connectivity index (χ4v) is 2.04. The lowest BCUT2D eigenvalue weighted by molar-refractivity contribution is -0.120. The Labute approximate surface area is 100 Å². The van der Waals surface area contributed by atoms with Crippen molar-refractivity contribution in [1.29, 1.82) is 0 Å². The molecule has 1 heterocycles. The van der Waals surface area contributed by atoms with Crippen molar-refractivity contribution in [2.45, 2.75) is 19.4 Å². The molecule has 1 fully saturated rings. The highest BCUT2D eigenvalue weighted by Gasteiger charge is 2.27. The van der Waals surface area contributed by atoms with Gasteiger partial charge in [0.1, 0.15) is 6.04 Å². The van der Waals surface area contributed by atoms with Crippen molar-refractivity contribution in [3.63, 3.8) is 0 Å². The highest BCUT2D eigenvalue weighted by molar-refractivity contribution is 7.99. The van der Waals surface area contributed by atoms with Gasteiger partial charge in [-0.15, -0.1) is 0 Å². The highest BCUT2D eigenvalue weighted by atomic mass is 32.2. The Hall–Kier alpha value is -0.750. The molecular formula is C10H19N3O2S. The summed E-state index contributed by atoms with van der Waals surface area (Å²) in [6, 6.07) is -0.125. The maximum Gasteiger partial charge on any atom is 0.249 e. The van der Waals surface area contributed by atoms with Gasteiger partial charge >= 0.3 is 0 Å². The van der Waals surface area contributed by atoms with Crippen LogP contribution in [0.25, 0.3) is 0 Å². The number of methoxy groups -OCH3 is 1. The van der Waals surface area contributed by atoms with E-state index in [9.17, 15) is 4.79 Å². The first-order chi connectivity index (χ1) is 7.77. The van der Waals surface area contributed by atoms with E-state index < -0.39 is 0 Å². The number of nitrogens with one attached hydrogen (secondary N) is 2. The van der Waals surface area contributed by atoms with Crippen LogP contribution in [0.5, 0.6) is 0 Å². The van der Waals surface area contributed by atoms with Crippen LogP contribution in [0.15, 0.2) is 4.99 Å². The van der Waals surface area contributed by atoms with Crippen LogP contribution in [-0.4, -0.2) is 49.7 Å². The van der Waals surface area contributed by atoms with Crippen LogP contribution in [0.4, 0.5) is 0 Å². The normalized spacial score (nSPS) is 22.2. The van der Waals surface area contributed by atoms with Crippen LogP contribution in [0.1, 0.15) is 13.3 Å². The molecule has 1 rings (SSSR count). The monoisotopic (exact) mass is 245 g/mol. The van der Waals surface area contributed by atoms with Crippen LogP contribution in [-0.2, 0) is 9.53 Å². The number of ether oxygens (including phenoxy) is 1. The Morgan fingerprint density at radius 2 is 2.38 bits per heavy atom. The molecule has 0 aliphatic carbocycles. The molecule has 1 aliphatic rings. The molecule has 16 heavy (non-hydrogen) atoms. The van der Waals surface area contributed by atoms with Gasteiger partial charge < -0.3 is 10.1 Å². The first-order valence-electron chi connectivity index (χ1n) is 5.46. The Bertz CT molecular complexity index is 258. The molecular weight excluding hydrogens is 226 g/mol. The lowest BCUT2D eigenvalue weighted by Gasteiger charge is -2.06. The molecule has 92 valence electrons. The summed E-state index contributed by atoms with van der Waals surface area (Å²) in [5, 5.41) is 5.80. The van der Waals surface area contributed by atoms with E-state index in [-0.39, 0.29) is 11.9 Å². The molecule has 1 unspecified atom stereocenters. The number of hydrogen-bond donors (Lipinski definition) is 2. The zero-order valence-electron chi connectivity index (χ0n) is 9.78. The van der Waals surface area contributed by atoms with Gasteiger partial charge in [-0.3, -0.25) is 15.1 Å². The van der Waals surface area contributed by atoms with Gasteiger partial charge in [-0.1, -0.05) is 6.92 Å². The molecule has 2 N–H and O–H groups in total. The van der Waals surface area contributed by atoms with Gasteiger partial charge in [0.15, 0.2) is 5.96 Å². The van der Waals surface area contributed by atoms with Gasteiger partial charge in [-0.05, 0) is 17.9 Å². The summed E-state index contributed by atoms with van der Waals surface area (Å²) in [5.74, 6) is 2.68. The molecule has 0 bridgehead atoms. The number of aliphatic imine (C=N–C) groups is 1. The minimum Gasteiger partial charge on any atom is -0.383 e. The highest BCUT2D eigenvalue weighted by Crippen LogP contribution is 2.06. The number of thioether (sulfide) groups is 1. The van der Waals surface area contributed by atoms with Gasteiger partial charge in [0.25, 0.3) is 0 Å². The zero-order chi connectivity index (χ0) is 11.8. The molecule has 0 radical (unpaired) electrons. The molecule has 0 aromatic rings. The summed E-state index contributed by atoms with van der Waals surface area (Å²) in [4.78, 5) is 15.7. The lowest BCUT2D eigenvalue weighted by Crippen LogP contribution is -2.30. The smallest absolute Gasteiger partial charge is 0.249 e. The van der Waals surface area contributed by atoms with Crippen molar-refractivity contribution < 1.29 is 9.53 Å². The maximum absolute atomic E-state index is 11.5. The fourth-order valence-electron chi connectivity index (χ4n) is 1.35. The summed E-state index contributed by atoms with van der Waals surface area (Å²) < 4.78 is 4.88. The molecule has 0 aromatic heterocycles. The zero-order valence-corrected chi connectivity index (χ0v) is 10.6. The molecule has 0 aromatic carbocycles. The topological polar surface area (TPSA) is 62.7 Å². The average molecular weight is 245 g/mol. The van der Waals surface area contributed by atoms with E-state index in [0.29, 0.717) is 19.1 Å². The third-order valence-corrected chi connectivity index (χ3v) is 3.12. The van der Waals surface area contributed by atoms with Crippen molar-refractivity contribution in [1.82, 2.24) is 10.6 Å². The summed E-state index contributed by atoms with van der Waals surface area (Å²) in [5.41, 5.74) is 0. The molecule has 1 saturated heterocycles. The van der Waals surface area contributed by atoms with Gasteiger partial charge in [0.2, 0.25) is 5.91 Å². The van der Waals surface area contributed by atoms with Crippen molar-refractivity contribution in [3.05, 3.63) is 0 Å². The number of carbonyl (C=O) groups is 1. The maximum atomic E-state index is 11.5. The number of hydrogen-bond acceptors (Lipinski definition) is 4. The van der Waals surface area contributed by atoms with Crippen molar-refractivity contribution in [3.8, 4) is 0 Å². The van der Waals surface area contributed by atoms with E-state index in [2.05, 4.69) is 22.5 Å². The van der Waals surface area contributed by atoms with E-state index >= 15 is 0 Å². The number of rotatable bonds is 7. The van der Waals surface area contributed by atoms with Crippen molar-refractivity contribution >= 4 is 23.6 Å². The molecule has 0 saturated carbocycles. The second-order valence-electron chi connectivity index (χ2n) is 3.39. The van der Waals surface area contributed by atoms with Gasteiger partial charge in [-0.25, -0.2) is 0 Å². The predicted octanol–water partition coefficient (Wildman–Crippen LogP) is 0.220. The van der Waals surface area contributed by atoms with Gasteiger partial charge in [0.05, 0.1) is 13.2 Å². The van der Waals surface area contributed by atoms with E-state index in [1.807, 2.05) is 11.8 Å². The Balaban J connectivity index is 2.29. The molecule has 6 heteroatoms.